The Morgan fingerprint density at radius 1 is 0.767 bits per heavy atom. The van der Waals surface area contributed by atoms with Crippen LogP contribution in [0.25, 0.3) is 0 Å². The number of carbonyl (C=O) groups is 1. The monoisotopic (exact) mass is 615 g/mol. The molecule has 0 aromatic heterocycles. The molecule has 43 heavy (non-hydrogen) atoms. The van der Waals surface area contributed by atoms with E-state index >= 15 is 0 Å². The Morgan fingerprint density at radius 3 is 1.93 bits per heavy atom. The summed E-state index contributed by atoms with van der Waals surface area (Å²) >= 11 is 0. The molecule has 0 spiro atoms. The highest BCUT2D eigenvalue weighted by atomic mass is 16.7. The van der Waals surface area contributed by atoms with Crippen LogP contribution in [-0.4, -0.2) is 87.5 Å². The Morgan fingerprint density at radius 2 is 1.30 bits per heavy atom. The average Bonchev–Trinajstić information content (AvgIpc) is 3.00. The van der Waals surface area contributed by atoms with E-state index in [1.54, 1.807) is 0 Å². The van der Waals surface area contributed by atoms with Crippen molar-refractivity contribution >= 4 is 5.91 Å². The lowest BCUT2D eigenvalue weighted by molar-refractivity contribution is -0.302. The molecule has 9 heteroatoms. The number of allylic oxidation sites excluding steroid dienone is 2. The van der Waals surface area contributed by atoms with Crippen LogP contribution in [0.3, 0.4) is 0 Å². The van der Waals surface area contributed by atoms with Crippen molar-refractivity contribution in [2.45, 2.75) is 185 Å². The van der Waals surface area contributed by atoms with Gasteiger partial charge in [0.25, 0.3) is 0 Å². The largest absolute Gasteiger partial charge is 0.394 e. The van der Waals surface area contributed by atoms with Crippen molar-refractivity contribution < 1.29 is 39.8 Å². The lowest BCUT2D eigenvalue weighted by atomic mass is 9.99. The number of unbranched alkanes of at least 4 members (excludes halogenated alkanes) is 15. The number of ether oxygens (including phenoxy) is 2. The first kappa shape index (κ1) is 40.0. The summed E-state index contributed by atoms with van der Waals surface area (Å²) in [4.78, 5) is 12.8. The van der Waals surface area contributed by atoms with E-state index in [9.17, 15) is 30.3 Å². The second-order valence-electron chi connectivity index (χ2n) is 12.3. The molecule has 254 valence electrons. The fraction of sp³-hybridized carbons (Fsp3) is 0.912. The minimum absolute atomic E-state index is 0.140. The third-order valence-electron chi connectivity index (χ3n) is 8.37. The van der Waals surface area contributed by atoms with Gasteiger partial charge in [-0.3, -0.25) is 4.79 Å². The molecule has 6 N–H and O–H groups in total. The number of amides is 1. The molecule has 0 saturated carbocycles. The molecular weight excluding hydrogens is 550 g/mol. The summed E-state index contributed by atoms with van der Waals surface area (Å²) in [5.74, 6) is -0.160. The number of nitrogens with one attached hydrogen (secondary N) is 1. The van der Waals surface area contributed by atoms with Gasteiger partial charge in [-0.05, 0) is 38.5 Å². The summed E-state index contributed by atoms with van der Waals surface area (Å²) < 4.78 is 11.1. The van der Waals surface area contributed by atoms with Crippen LogP contribution >= 0.6 is 0 Å². The Balaban J connectivity index is 2.47. The molecule has 7 unspecified atom stereocenters. The third kappa shape index (κ3) is 18.5. The molecule has 1 saturated heterocycles. The molecule has 0 aromatic rings. The van der Waals surface area contributed by atoms with E-state index < -0.39 is 49.5 Å². The number of hydrogen-bond donors (Lipinski definition) is 6. The van der Waals surface area contributed by atoms with E-state index in [1.165, 1.54) is 64.2 Å². The summed E-state index contributed by atoms with van der Waals surface area (Å²) in [6.07, 6.45) is 18.0. The molecule has 0 aliphatic carbocycles. The predicted molar refractivity (Wildman–Crippen MR) is 170 cm³/mol. The molecule has 0 radical (unpaired) electrons. The van der Waals surface area contributed by atoms with Crippen LogP contribution in [0.5, 0.6) is 0 Å². The molecule has 1 heterocycles. The van der Waals surface area contributed by atoms with Crippen LogP contribution in [0, 0.1) is 0 Å². The Hall–Kier alpha value is -1.07. The van der Waals surface area contributed by atoms with E-state index in [2.05, 4.69) is 31.3 Å². The maximum Gasteiger partial charge on any atom is 0.220 e. The molecule has 1 amide bonds. The van der Waals surface area contributed by atoms with E-state index in [1.807, 2.05) is 0 Å². The second-order valence-corrected chi connectivity index (χ2v) is 12.3. The molecule has 1 rings (SSSR count). The third-order valence-corrected chi connectivity index (χ3v) is 8.37. The molecule has 1 fully saturated rings. The molecule has 1 aliphatic rings. The topological polar surface area (TPSA) is 149 Å². The number of aliphatic hydroxyl groups is 5. The highest BCUT2D eigenvalue weighted by Crippen LogP contribution is 2.23. The first-order valence-corrected chi connectivity index (χ1v) is 17.4. The van der Waals surface area contributed by atoms with Crippen molar-refractivity contribution in [3.8, 4) is 0 Å². The zero-order valence-corrected chi connectivity index (χ0v) is 27.2. The standard InChI is InChI=1S/C34H65NO8/c1-3-5-7-9-11-13-14-15-16-18-20-22-24-30(38)35-27(28(37)23-21-19-17-12-10-8-6-4-2)26-42-34-33(41)32(40)31(39)29(25-36)43-34/h11,13,27-29,31-34,36-37,39-41H,3-10,12,14-26H2,1-2H3,(H,35,38)/b13-11-. The average molecular weight is 616 g/mol. The fourth-order valence-electron chi connectivity index (χ4n) is 5.45. The molecule has 7 atom stereocenters. The number of carbonyl (C=O) groups excluding carboxylic acids is 1. The maximum atomic E-state index is 12.8. The highest BCUT2D eigenvalue weighted by Gasteiger charge is 2.44. The first-order valence-electron chi connectivity index (χ1n) is 17.4. The zero-order valence-electron chi connectivity index (χ0n) is 27.2. The van der Waals surface area contributed by atoms with Gasteiger partial charge in [0.1, 0.15) is 24.4 Å². The minimum atomic E-state index is -1.55. The van der Waals surface area contributed by atoms with Gasteiger partial charge in [-0.1, -0.05) is 109 Å². The number of rotatable bonds is 27. The Bertz CT molecular complexity index is 691. The molecule has 0 aromatic carbocycles. The van der Waals surface area contributed by atoms with Crippen LogP contribution in [0.2, 0.25) is 0 Å². The molecule has 0 bridgehead atoms. The lowest BCUT2D eigenvalue weighted by Gasteiger charge is -2.40. The molecule has 9 nitrogen and oxygen atoms in total. The summed E-state index contributed by atoms with van der Waals surface area (Å²) in [5.41, 5.74) is 0. The van der Waals surface area contributed by atoms with Gasteiger partial charge in [0.2, 0.25) is 5.91 Å². The summed E-state index contributed by atoms with van der Waals surface area (Å²) in [5, 5.41) is 53.7. The zero-order chi connectivity index (χ0) is 31.7. The van der Waals surface area contributed by atoms with E-state index in [0.717, 1.165) is 51.4 Å². The van der Waals surface area contributed by atoms with Crippen molar-refractivity contribution in [3.63, 3.8) is 0 Å². The van der Waals surface area contributed by atoms with Gasteiger partial charge in [0, 0.05) is 6.42 Å². The summed E-state index contributed by atoms with van der Waals surface area (Å²) in [7, 11) is 0. The van der Waals surface area contributed by atoms with Gasteiger partial charge >= 0.3 is 0 Å². The Labute approximate surface area is 261 Å². The van der Waals surface area contributed by atoms with E-state index in [-0.39, 0.29) is 12.5 Å². The molecular formula is C34H65NO8. The first-order chi connectivity index (χ1) is 20.8. The van der Waals surface area contributed by atoms with Gasteiger partial charge in [-0.2, -0.15) is 0 Å². The van der Waals surface area contributed by atoms with Crippen LogP contribution in [0.15, 0.2) is 12.2 Å². The second kappa shape index (κ2) is 26.2. The molecule has 1 aliphatic heterocycles. The van der Waals surface area contributed by atoms with Crippen LogP contribution in [0.1, 0.15) is 142 Å². The van der Waals surface area contributed by atoms with Crippen molar-refractivity contribution in [2.75, 3.05) is 13.2 Å². The van der Waals surface area contributed by atoms with Gasteiger partial charge in [0.05, 0.1) is 25.4 Å². The fourth-order valence-corrected chi connectivity index (χ4v) is 5.45. The minimum Gasteiger partial charge on any atom is -0.394 e. The maximum absolute atomic E-state index is 12.8. The number of aliphatic hydroxyl groups excluding tert-OH is 5. The summed E-state index contributed by atoms with van der Waals surface area (Å²) in [6.45, 7) is 3.73. The van der Waals surface area contributed by atoms with E-state index in [4.69, 9.17) is 9.47 Å². The SMILES string of the molecule is CCCCC/C=C\CCCCCCCC(=O)NC(COC1OC(CO)C(O)C(O)C1O)C(O)CCCCCCCCCC. The van der Waals surface area contributed by atoms with Crippen molar-refractivity contribution in [2.24, 2.45) is 0 Å². The van der Waals surface area contributed by atoms with E-state index in [0.29, 0.717) is 12.8 Å². The van der Waals surface area contributed by atoms with Crippen molar-refractivity contribution in [1.29, 1.82) is 0 Å². The number of hydrogen-bond acceptors (Lipinski definition) is 8. The highest BCUT2D eigenvalue weighted by molar-refractivity contribution is 5.76. The quantitative estimate of drug-likeness (QED) is 0.0556. The van der Waals surface area contributed by atoms with Gasteiger partial charge in [0.15, 0.2) is 6.29 Å². The predicted octanol–water partition coefficient (Wildman–Crippen LogP) is 5.05. The van der Waals surface area contributed by atoms with Crippen molar-refractivity contribution in [3.05, 3.63) is 12.2 Å². The normalized spacial score (nSPS) is 23.9. The lowest BCUT2D eigenvalue weighted by Crippen LogP contribution is -2.60. The smallest absolute Gasteiger partial charge is 0.220 e. The van der Waals surface area contributed by atoms with Crippen LogP contribution in [0.4, 0.5) is 0 Å². The van der Waals surface area contributed by atoms with Crippen LogP contribution < -0.4 is 5.32 Å². The van der Waals surface area contributed by atoms with Gasteiger partial charge < -0.3 is 40.3 Å². The van der Waals surface area contributed by atoms with Gasteiger partial charge in [-0.15, -0.1) is 0 Å². The van der Waals surface area contributed by atoms with Crippen LogP contribution in [-0.2, 0) is 14.3 Å². The Kier molecular flexibility index (Phi) is 24.3. The summed E-state index contributed by atoms with van der Waals surface area (Å²) in [6, 6.07) is -0.714. The van der Waals surface area contributed by atoms with Gasteiger partial charge in [-0.25, -0.2) is 0 Å². The van der Waals surface area contributed by atoms with Crippen molar-refractivity contribution in [1.82, 2.24) is 5.32 Å².